The molecule has 6 nitrogen and oxygen atoms in total. The summed E-state index contributed by atoms with van der Waals surface area (Å²) in [5.41, 5.74) is 4.51. The molecule has 20 heavy (non-hydrogen) atoms. The SMILES string of the molecule is CCN(Cc1cc(C(=O)NN)no1)c1cccc(C)c1. The smallest absolute Gasteiger partial charge is 0.287 e. The largest absolute Gasteiger partial charge is 0.364 e. The minimum atomic E-state index is -0.460. The van der Waals surface area contributed by atoms with E-state index in [1.165, 1.54) is 5.56 Å². The number of nitrogens with zero attached hydrogens (tertiary/aromatic N) is 2. The van der Waals surface area contributed by atoms with Gasteiger partial charge in [0.2, 0.25) is 0 Å². The Hall–Kier alpha value is -2.34. The third kappa shape index (κ3) is 3.16. The van der Waals surface area contributed by atoms with E-state index in [9.17, 15) is 4.79 Å². The molecule has 2 rings (SSSR count). The fraction of sp³-hybridized carbons (Fsp3) is 0.286. The summed E-state index contributed by atoms with van der Waals surface area (Å²) in [7, 11) is 0. The Bertz CT molecular complexity index is 594. The number of hydrogen-bond acceptors (Lipinski definition) is 5. The first kappa shape index (κ1) is 14.1. The zero-order valence-corrected chi connectivity index (χ0v) is 11.6. The number of amides is 1. The maximum atomic E-state index is 11.3. The number of aryl methyl sites for hydroxylation is 1. The van der Waals surface area contributed by atoms with Crippen molar-refractivity contribution in [2.24, 2.45) is 5.84 Å². The lowest BCUT2D eigenvalue weighted by molar-refractivity contribution is 0.0944. The highest BCUT2D eigenvalue weighted by atomic mass is 16.5. The van der Waals surface area contributed by atoms with Crippen molar-refractivity contribution in [1.29, 1.82) is 0 Å². The van der Waals surface area contributed by atoms with Crippen molar-refractivity contribution in [3.63, 3.8) is 0 Å². The van der Waals surface area contributed by atoms with E-state index in [4.69, 9.17) is 10.4 Å². The van der Waals surface area contributed by atoms with Gasteiger partial charge in [0.15, 0.2) is 11.5 Å². The first-order valence-electron chi connectivity index (χ1n) is 6.42. The molecule has 0 aliphatic carbocycles. The predicted octanol–water partition coefficient (Wildman–Crippen LogP) is 1.61. The van der Waals surface area contributed by atoms with Gasteiger partial charge in [-0.3, -0.25) is 10.2 Å². The predicted molar refractivity (Wildman–Crippen MR) is 76.1 cm³/mol. The summed E-state index contributed by atoms with van der Waals surface area (Å²) in [6, 6.07) is 9.81. The lowest BCUT2D eigenvalue weighted by Gasteiger charge is -2.21. The molecule has 0 fully saturated rings. The molecular formula is C14H18N4O2. The van der Waals surface area contributed by atoms with Crippen LogP contribution in [0.15, 0.2) is 34.9 Å². The van der Waals surface area contributed by atoms with Crippen LogP contribution < -0.4 is 16.2 Å². The van der Waals surface area contributed by atoms with Crippen molar-refractivity contribution in [3.8, 4) is 0 Å². The highest BCUT2D eigenvalue weighted by Crippen LogP contribution is 2.18. The Morgan fingerprint density at radius 2 is 2.25 bits per heavy atom. The van der Waals surface area contributed by atoms with Crippen LogP contribution in [0, 0.1) is 6.92 Å². The van der Waals surface area contributed by atoms with Crippen LogP contribution in [0.1, 0.15) is 28.7 Å². The van der Waals surface area contributed by atoms with Crippen LogP contribution in [0.2, 0.25) is 0 Å². The zero-order chi connectivity index (χ0) is 14.5. The van der Waals surface area contributed by atoms with Crippen molar-refractivity contribution >= 4 is 11.6 Å². The summed E-state index contributed by atoms with van der Waals surface area (Å²) in [5, 5.41) is 3.69. The molecule has 0 saturated carbocycles. The van der Waals surface area contributed by atoms with Crippen LogP contribution in [0.25, 0.3) is 0 Å². The van der Waals surface area contributed by atoms with Crippen LogP contribution >= 0.6 is 0 Å². The minimum Gasteiger partial charge on any atom is -0.364 e. The Kier molecular flexibility index (Phi) is 4.37. The molecule has 1 aromatic heterocycles. The summed E-state index contributed by atoms with van der Waals surface area (Å²) in [5.74, 6) is 5.21. The van der Waals surface area contributed by atoms with Gasteiger partial charge in [0, 0.05) is 18.3 Å². The average molecular weight is 274 g/mol. The van der Waals surface area contributed by atoms with E-state index in [1.807, 2.05) is 17.6 Å². The number of anilines is 1. The lowest BCUT2D eigenvalue weighted by atomic mass is 10.2. The highest BCUT2D eigenvalue weighted by molar-refractivity contribution is 5.91. The van der Waals surface area contributed by atoms with E-state index in [0.717, 1.165) is 12.2 Å². The van der Waals surface area contributed by atoms with E-state index in [1.54, 1.807) is 6.07 Å². The van der Waals surface area contributed by atoms with Gasteiger partial charge in [-0.1, -0.05) is 17.3 Å². The van der Waals surface area contributed by atoms with Crippen LogP contribution in [0.4, 0.5) is 5.69 Å². The molecule has 3 N–H and O–H groups in total. The van der Waals surface area contributed by atoms with E-state index in [2.05, 4.69) is 36.0 Å². The minimum absolute atomic E-state index is 0.183. The number of benzene rings is 1. The number of nitrogens with one attached hydrogen (secondary N) is 1. The molecule has 0 spiro atoms. The third-order valence-corrected chi connectivity index (χ3v) is 3.02. The maximum Gasteiger partial charge on any atom is 0.287 e. The number of carbonyl (C=O) groups excluding carboxylic acids is 1. The summed E-state index contributed by atoms with van der Waals surface area (Å²) in [6.45, 7) is 5.48. The van der Waals surface area contributed by atoms with Gasteiger partial charge in [-0.05, 0) is 31.5 Å². The number of aromatic nitrogens is 1. The van der Waals surface area contributed by atoms with E-state index < -0.39 is 5.91 Å². The van der Waals surface area contributed by atoms with Crippen molar-refractivity contribution in [3.05, 3.63) is 47.3 Å². The molecule has 2 aromatic rings. The van der Waals surface area contributed by atoms with Gasteiger partial charge in [-0.25, -0.2) is 5.84 Å². The summed E-state index contributed by atoms with van der Waals surface area (Å²) in [4.78, 5) is 13.5. The Morgan fingerprint density at radius 1 is 1.45 bits per heavy atom. The Morgan fingerprint density at radius 3 is 2.90 bits per heavy atom. The number of carbonyl (C=O) groups is 1. The molecule has 1 heterocycles. The van der Waals surface area contributed by atoms with Crippen LogP contribution in [-0.2, 0) is 6.54 Å². The normalized spacial score (nSPS) is 10.3. The number of rotatable bonds is 5. The molecule has 0 bridgehead atoms. The van der Waals surface area contributed by atoms with E-state index in [-0.39, 0.29) is 5.69 Å². The number of hydrogen-bond donors (Lipinski definition) is 2. The van der Waals surface area contributed by atoms with Crippen molar-refractivity contribution < 1.29 is 9.32 Å². The van der Waals surface area contributed by atoms with Gasteiger partial charge in [0.25, 0.3) is 5.91 Å². The lowest BCUT2D eigenvalue weighted by Crippen LogP contribution is -2.30. The molecule has 0 atom stereocenters. The van der Waals surface area contributed by atoms with Gasteiger partial charge >= 0.3 is 0 Å². The van der Waals surface area contributed by atoms with E-state index >= 15 is 0 Å². The molecule has 0 radical (unpaired) electrons. The molecule has 6 heteroatoms. The van der Waals surface area contributed by atoms with Crippen LogP contribution in [0.3, 0.4) is 0 Å². The summed E-state index contributed by atoms with van der Waals surface area (Å²) >= 11 is 0. The summed E-state index contributed by atoms with van der Waals surface area (Å²) in [6.07, 6.45) is 0. The van der Waals surface area contributed by atoms with Crippen molar-refractivity contribution in [2.75, 3.05) is 11.4 Å². The quantitative estimate of drug-likeness (QED) is 0.491. The number of nitrogen functional groups attached to an aromatic ring is 1. The highest BCUT2D eigenvalue weighted by Gasteiger charge is 2.13. The number of nitrogens with two attached hydrogens (primary N) is 1. The van der Waals surface area contributed by atoms with Crippen LogP contribution in [0.5, 0.6) is 0 Å². The topological polar surface area (TPSA) is 84.4 Å². The Balaban J connectivity index is 2.14. The molecule has 0 aliphatic heterocycles. The van der Waals surface area contributed by atoms with Gasteiger partial charge in [0.1, 0.15) is 0 Å². The van der Waals surface area contributed by atoms with E-state index in [0.29, 0.717) is 12.3 Å². The molecular weight excluding hydrogens is 256 g/mol. The van der Waals surface area contributed by atoms with Gasteiger partial charge < -0.3 is 9.42 Å². The van der Waals surface area contributed by atoms with Gasteiger partial charge in [-0.2, -0.15) is 0 Å². The monoisotopic (exact) mass is 274 g/mol. The molecule has 1 aromatic carbocycles. The first-order chi connectivity index (χ1) is 9.63. The zero-order valence-electron chi connectivity index (χ0n) is 11.6. The molecule has 0 saturated heterocycles. The second kappa shape index (κ2) is 6.21. The fourth-order valence-corrected chi connectivity index (χ4v) is 1.97. The summed E-state index contributed by atoms with van der Waals surface area (Å²) < 4.78 is 5.16. The average Bonchev–Trinajstić information content (AvgIpc) is 2.92. The van der Waals surface area contributed by atoms with Gasteiger partial charge in [-0.15, -0.1) is 0 Å². The van der Waals surface area contributed by atoms with Crippen LogP contribution in [-0.4, -0.2) is 17.6 Å². The fourth-order valence-electron chi connectivity index (χ4n) is 1.97. The second-order valence-corrected chi connectivity index (χ2v) is 4.51. The third-order valence-electron chi connectivity index (χ3n) is 3.02. The molecule has 0 unspecified atom stereocenters. The van der Waals surface area contributed by atoms with Crippen molar-refractivity contribution in [2.45, 2.75) is 20.4 Å². The van der Waals surface area contributed by atoms with Crippen molar-refractivity contribution in [1.82, 2.24) is 10.6 Å². The first-order valence-corrected chi connectivity index (χ1v) is 6.42. The number of hydrazine groups is 1. The second-order valence-electron chi connectivity index (χ2n) is 4.51. The molecule has 0 aliphatic rings. The molecule has 106 valence electrons. The van der Waals surface area contributed by atoms with Gasteiger partial charge in [0.05, 0.1) is 6.54 Å². The molecule has 1 amide bonds. The standard InChI is InChI=1S/C14H18N4O2/c1-3-18(11-6-4-5-10(2)7-11)9-12-8-13(17-20-12)14(19)16-15/h4-8H,3,9,15H2,1-2H3,(H,16,19). The maximum absolute atomic E-state index is 11.3. The Labute approximate surface area is 117 Å².